The second kappa shape index (κ2) is 33.3. The quantitative estimate of drug-likeness (QED) is 0.0432. The average Bonchev–Trinajstić information content (AvgIpc) is 1.74. The molecule has 6 aliphatic rings. The number of nitrogens with one attached hydrogen (secondary N) is 8. The minimum Gasteiger partial charge on any atom is -0.462 e. The molecule has 4 saturated heterocycles. The molecule has 0 unspecified atom stereocenters. The first-order valence-electron chi connectivity index (χ1n) is 31.3. The lowest BCUT2D eigenvalue weighted by Gasteiger charge is -2.46. The van der Waals surface area contributed by atoms with Gasteiger partial charge in [-0.3, -0.25) is 44.6 Å². The number of carbonyl (C=O) groups is 7. The SMILES string of the molecule is CC(C)CC(=O)O[C@H]1[C@H](O)[C@H](O)[C@@H](O[C@H]2[C@H](O)[C@H](O)[C@@H](Oc3ccc(C[C@H]4NC(=O)[C@H]([C@@H](C)c5ccccc5)NC(=O)CNC(=O)[C@H](CO)NC(=O)[C@@H]([C@H](O)[C@@H]5CNC(N)=[N+]5[C@H]5O[C@H](CO)[C@@H](O)[C@H](O)[C@@H]5O)NC(=O)[C@H]([C@H](O)[C@@H]5CNC(N)=N5)NC4=O)cc3)O[C@@H]2CO)O[C@@H]1CO. The third-order valence-electron chi connectivity index (χ3n) is 17.4. The van der Waals surface area contributed by atoms with Crippen LogP contribution in [0.4, 0.5) is 0 Å². The topological polar surface area (TPSA) is 602 Å². The summed E-state index contributed by atoms with van der Waals surface area (Å²) in [6, 6.07) is 0.769. The fraction of sp³-hybridized carbons (Fsp3) is 0.644. The van der Waals surface area contributed by atoms with Crippen molar-refractivity contribution >= 4 is 53.3 Å². The number of aliphatic imine (C=N–C) groups is 1. The van der Waals surface area contributed by atoms with Crippen molar-refractivity contribution in [2.75, 3.05) is 46.1 Å². The van der Waals surface area contributed by atoms with Gasteiger partial charge >= 0.3 is 11.9 Å². The zero-order valence-electron chi connectivity index (χ0n) is 52.7. The molecule has 2 aromatic carbocycles. The number of nitrogens with zero attached hydrogens (tertiary/aromatic N) is 2. The number of guanidine groups is 2. The van der Waals surface area contributed by atoms with E-state index in [0.29, 0.717) is 5.56 Å². The minimum atomic E-state index is -2.34. The molecule has 6 amide bonds. The van der Waals surface area contributed by atoms with Gasteiger partial charge in [0.1, 0.15) is 128 Å². The van der Waals surface area contributed by atoms with Crippen LogP contribution < -0.4 is 58.7 Å². The molecule has 38 nitrogen and oxygen atoms in total. The lowest BCUT2D eigenvalue weighted by molar-refractivity contribution is -0.663. The minimum absolute atomic E-state index is 0.0598. The first-order chi connectivity index (χ1) is 46.1. The highest BCUT2D eigenvalue weighted by Crippen LogP contribution is 2.33. The maximum absolute atomic E-state index is 15.2. The van der Waals surface area contributed by atoms with E-state index in [0.717, 1.165) is 4.58 Å². The third kappa shape index (κ3) is 17.6. The summed E-state index contributed by atoms with van der Waals surface area (Å²) in [6.45, 7) is -0.336. The molecule has 8 rings (SSSR count). The maximum atomic E-state index is 15.2. The first-order valence-corrected chi connectivity index (χ1v) is 31.3. The summed E-state index contributed by atoms with van der Waals surface area (Å²) in [7, 11) is 0. The standard InChI is InChI=1S/C59H86N12O26/c1-22(2)13-35(77)96-48-32(20-74)95-57(47(86)43(48)82)97-49-33(21-75)94-56(46(85)44(49)83)92-26-11-9-24(10-12-26)14-27-51(88)69-37(39(78)28-15-63-58(60)67-28)54(91)70-38(40(79)30-16-64-59(61)71(30)55-45(84)42(81)41(80)31(19-73)93-55)53(90)66-29(18-72)50(87)62-17-34(76)68-36(52(89)65-27)23(3)25-7-5-4-6-8-25/h4-12,22-23,27-33,36-49,55-57,72-75,78-86H,13-21H2,1-3H3,(H11,60,61,62,63,64,65,66,67,68,69,70,76,87,88,89,90,91)/p+1/t23-,27+,28-,29-,30-,31+,32+,33+,36-,37-,38+,39+,40+,41+,42-,43+,44+,45-,46-,47-,48+,49+,55-,56-,57+/m0/s1. The number of ether oxygens (including phenoxy) is 6. The van der Waals surface area contributed by atoms with Crippen LogP contribution >= 0.6 is 0 Å². The Morgan fingerprint density at radius 1 is 0.598 bits per heavy atom. The number of amides is 6. The third-order valence-corrected chi connectivity index (χ3v) is 17.4. The van der Waals surface area contributed by atoms with Crippen LogP contribution in [0, 0.1) is 5.92 Å². The fourth-order valence-corrected chi connectivity index (χ4v) is 11.9. The largest absolute Gasteiger partial charge is 0.462 e. The van der Waals surface area contributed by atoms with Gasteiger partial charge in [0.05, 0.1) is 39.0 Å². The van der Waals surface area contributed by atoms with Crippen LogP contribution in [-0.4, -0.2) is 317 Å². The molecule has 25 N–H and O–H groups in total. The van der Waals surface area contributed by atoms with Crippen LogP contribution in [-0.2, 0) is 63.7 Å². The van der Waals surface area contributed by atoms with E-state index in [9.17, 15) is 90.4 Å². The van der Waals surface area contributed by atoms with Crippen molar-refractivity contribution < 1.29 is 133 Å². The van der Waals surface area contributed by atoms with Crippen molar-refractivity contribution in [2.45, 2.75) is 186 Å². The number of esters is 1. The lowest BCUT2D eigenvalue weighted by atomic mass is 9.92. The van der Waals surface area contributed by atoms with Crippen molar-refractivity contribution in [3.8, 4) is 5.75 Å². The van der Waals surface area contributed by atoms with Gasteiger partial charge in [0, 0.05) is 25.3 Å². The summed E-state index contributed by atoms with van der Waals surface area (Å²) in [5.41, 5.74) is 12.9. The Labute approximate surface area is 553 Å². The number of aliphatic hydroxyl groups is 13. The Balaban J connectivity index is 1.09. The van der Waals surface area contributed by atoms with Crippen LogP contribution in [0.15, 0.2) is 59.6 Å². The highest BCUT2D eigenvalue weighted by Gasteiger charge is 2.55. The summed E-state index contributed by atoms with van der Waals surface area (Å²) in [6.07, 6.45) is -31.8. The summed E-state index contributed by atoms with van der Waals surface area (Å²) < 4.78 is 35.1. The van der Waals surface area contributed by atoms with Crippen molar-refractivity contribution in [1.82, 2.24) is 42.5 Å². The van der Waals surface area contributed by atoms with Crippen LogP contribution in [0.1, 0.15) is 44.2 Å². The normalized spacial score (nSPS) is 35.9. The van der Waals surface area contributed by atoms with E-state index in [-0.39, 0.29) is 42.1 Å². The van der Waals surface area contributed by atoms with E-state index >= 15 is 9.59 Å². The molecule has 0 aliphatic carbocycles. The predicted octanol–water partition coefficient (Wildman–Crippen LogP) is -12.7. The van der Waals surface area contributed by atoms with Crippen molar-refractivity contribution in [3.05, 3.63) is 65.7 Å². The van der Waals surface area contributed by atoms with E-state index in [2.05, 4.69) is 47.5 Å². The predicted molar refractivity (Wildman–Crippen MR) is 326 cm³/mol. The molecule has 97 heavy (non-hydrogen) atoms. The molecule has 0 bridgehead atoms. The average molecular weight is 1380 g/mol. The first kappa shape index (κ1) is 75.2. The van der Waals surface area contributed by atoms with E-state index < -0.39 is 240 Å². The molecule has 25 atom stereocenters. The van der Waals surface area contributed by atoms with Gasteiger partial charge in [-0.2, -0.15) is 0 Å². The Kier molecular flexibility index (Phi) is 25.8. The van der Waals surface area contributed by atoms with Crippen molar-refractivity contribution in [2.24, 2.45) is 22.4 Å². The summed E-state index contributed by atoms with van der Waals surface area (Å²) >= 11 is 0. The summed E-state index contributed by atoms with van der Waals surface area (Å²) in [5.74, 6) is -9.79. The Morgan fingerprint density at radius 3 is 1.81 bits per heavy atom. The van der Waals surface area contributed by atoms with Gasteiger partial charge in [0.2, 0.25) is 48.0 Å². The smallest absolute Gasteiger partial charge is 0.346 e. The molecule has 38 heteroatoms. The second-order valence-corrected chi connectivity index (χ2v) is 24.7. The van der Waals surface area contributed by atoms with Crippen LogP contribution in [0.5, 0.6) is 5.75 Å². The fourth-order valence-electron chi connectivity index (χ4n) is 11.9. The van der Waals surface area contributed by atoms with Gasteiger partial charge < -0.3 is 138 Å². The second-order valence-electron chi connectivity index (χ2n) is 24.7. The Hall–Kier alpha value is -7.61. The molecule has 4 fully saturated rings. The monoisotopic (exact) mass is 1380 g/mol. The molecule has 0 saturated carbocycles. The highest BCUT2D eigenvalue weighted by molar-refractivity contribution is 5.98. The van der Waals surface area contributed by atoms with E-state index in [1.807, 2.05) is 0 Å². The molecule has 6 aliphatic heterocycles. The van der Waals surface area contributed by atoms with E-state index in [4.69, 9.17) is 39.9 Å². The van der Waals surface area contributed by atoms with Crippen LogP contribution in [0.3, 0.4) is 0 Å². The van der Waals surface area contributed by atoms with E-state index in [1.54, 1.807) is 51.1 Å². The maximum Gasteiger partial charge on any atom is 0.346 e. The van der Waals surface area contributed by atoms with Gasteiger partial charge in [0.25, 0.3) is 0 Å². The Morgan fingerprint density at radius 2 is 1.19 bits per heavy atom. The van der Waals surface area contributed by atoms with E-state index in [1.165, 1.54) is 24.3 Å². The molecular weight excluding hydrogens is 1290 g/mol. The van der Waals surface area contributed by atoms with Gasteiger partial charge in [-0.05, 0) is 29.2 Å². The molecule has 0 spiro atoms. The Bertz CT molecular complexity index is 3120. The molecule has 0 radical (unpaired) electrons. The van der Waals surface area contributed by atoms with Crippen LogP contribution in [0.25, 0.3) is 0 Å². The van der Waals surface area contributed by atoms with Gasteiger partial charge in [-0.25, -0.2) is 9.57 Å². The number of hydrogen-bond donors (Lipinski definition) is 23. The highest BCUT2D eigenvalue weighted by atomic mass is 16.7. The summed E-state index contributed by atoms with van der Waals surface area (Å²) in [4.78, 5) is 104. The number of hydrogen-bond acceptors (Lipinski definition) is 31. The van der Waals surface area contributed by atoms with Gasteiger partial charge in [-0.1, -0.05) is 63.2 Å². The molecule has 0 aromatic heterocycles. The van der Waals surface area contributed by atoms with Crippen LogP contribution in [0.2, 0.25) is 0 Å². The zero-order valence-corrected chi connectivity index (χ0v) is 52.7. The number of rotatable bonds is 20. The van der Waals surface area contributed by atoms with Gasteiger partial charge in [-0.15, -0.1) is 0 Å². The summed E-state index contributed by atoms with van der Waals surface area (Å²) in [5, 5.41) is 162. The van der Waals surface area contributed by atoms with Gasteiger partial charge in [0.15, 0.2) is 18.4 Å². The number of aliphatic hydroxyl groups excluding tert-OH is 13. The lowest BCUT2D eigenvalue weighted by Crippen LogP contribution is -2.68. The molecular formula is C59H87N12O26+. The number of carbonyl (C=O) groups excluding carboxylic acids is 7. The number of nitrogens with two attached hydrogens (primary N) is 2. The molecule has 2 aromatic rings. The zero-order chi connectivity index (χ0) is 70.9. The molecule has 6 heterocycles. The van der Waals surface area contributed by atoms with Crippen molar-refractivity contribution in [3.63, 3.8) is 0 Å². The number of benzene rings is 2. The van der Waals surface area contributed by atoms with Crippen molar-refractivity contribution in [1.29, 1.82) is 0 Å². The molecule has 538 valence electrons.